The quantitative estimate of drug-likeness (QED) is 0.898. The minimum Gasteiger partial charge on any atom is -0.326 e. The first-order chi connectivity index (χ1) is 9.72. The van der Waals surface area contributed by atoms with Gasteiger partial charge in [0, 0.05) is 29.7 Å². The molecule has 6 heteroatoms. The number of carbonyl (C=O) groups is 2. The smallest absolute Gasteiger partial charge is 0.326 e. The SMILES string of the molecule is O=C(Nc1cccc(NC(=O)n2ccnc2)c1)C1CC1. The van der Waals surface area contributed by atoms with E-state index >= 15 is 0 Å². The van der Waals surface area contributed by atoms with Gasteiger partial charge in [-0.1, -0.05) is 6.07 Å². The fraction of sp³-hybridized carbons (Fsp3) is 0.214. The van der Waals surface area contributed by atoms with Crippen molar-refractivity contribution in [3.05, 3.63) is 43.0 Å². The summed E-state index contributed by atoms with van der Waals surface area (Å²) in [6, 6.07) is 6.78. The van der Waals surface area contributed by atoms with Crippen molar-refractivity contribution in [2.24, 2.45) is 5.92 Å². The zero-order valence-electron chi connectivity index (χ0n) is 10.7. The Morgan fingerprint density at radius 3 is 2.60 bits per heavy atom. The summed E-state index contributed by atoms with van der Waals surface area (Å²) in [5, 5.41) is 5.58. The van der Waals surface area contributed by atoms with Crippen LogP contribution in [-0.4, -0.2) is 21.5 Å². The Balaban J connectivity index is 1.67. The number of rotatable bonds is 3. The van der Waals surface area contributed by atoms with Gasteiger partial charge in [0.25, 0.3) is 0 Å². The van der Waals surface area contributed by atoms with Crippen molar-refractivity contribution >= 4 is 23.3 Å². The number of imidazole rings is 1. The van der Waals surface area contributed by atoms with Crippen molar-refractivity contribution in [3.63, 3.8) is 0 Å². The number of aromatic nitrogens is 2. The van der Waals surface area contributed by atoms with E-state index in [0.29, 0.717) is 11.4 Å². The average Bonchev–Trinajstić information content (AvgIpc) is 3.14. The zero-order chi connectivity index (χ0) is 13.9. The van der Waals surface area contributed by atoms with E-state index in [-0.39, 0.29) is 17.9 Å². The maximum absolute atomic E-state index is 11.9. The van der Waals surface area contributed by atoms with Gasteiger partial charge < -0.3 is 10.6 Å². The number of nitrogens with one attached hydrogen (secondary N) is 2. The lowest BCUT2D eigenvalue weighted by Crippen LogP contribution is -2.18. The molecule has 1 heterocycles. The van der Waals surface area contributed by atoms with Crippen molar-refractivity contribution in [1.82, 2.24) is 9.55 Å². The van der Waals surface area contributed by atoms with Crippen LogP contribution in [0.25, 0.3) is 0 Å². The van der Waals surface area contributed by atoms with Gasteiger partial charge in [-0.25, -0.2) is 9.78 Å². The normalized spacial score (nSPS) is 13.8. The van der Waals surface area contributed by atoms with E-state index in [9.17, 15) is 9.59 Å². The molecule has 1 fully saturated rings. The number of hydrogen-bond acceptors (Lipinski definition) is 3. The highest BCUT2D eigenvalue weighted by molar-refractivity contribution is 5.95. The molecule has 0 atom stereocenters. The summed E-state index contributed by atoms with van der Waals surface area (Å²) >= 11 is 0. The lowest BCUT2D eigenvalue weighted by atomic mass is 10.2. The molecule has 20 heavy (non-hydrogen) atoms. The molecule has 102 valence electrons. The van der Waals surface area contributed by atoms with Gasteiger partial charge in [0.2, 0.25) is 5.91 Å². The minimum absolute atomic E-state index is 0.0445. The van der Waals surface area contributed by atoms with Gasteiger partial charge in [-0.15, -0.1) is 0 Å². The molecule has 0 radical (unpaired) electrons. The predicted molar refractivity (Wildman–Crippen MR) is 74.4 cm³/mol. The predicted octanol–water partition coefficient (Wildman–Crippen LogP) is 2.31. The molecule has 1 aromatic carbocycles. The van der Waals surface area contributed by atoms with Crippen molar-refractivity contribution in [2.45, 2.75) is 12.8 Å². The lowest BCUT2D eigenvalue weighted by molar-refractivity contribution is -0.117. The molecule has 0 aliphatic heterocycles. The molecule has 6 nitrogen and oxygen atoms in total. The molecule has 2 amide bonds. The van der Waals surface area contributed by atoms with E-state index in [1.807, 2.05) is 0 Å². The van der Waals surface area contributed by atoms with Gasteiger partial charge in [-0.05, 0) is 31.0 Å². The van der Waals surface area contributed by atoms with E-state index < -0.39 is 0 Å². The Morgan fingerprint density at radius 1 is 1.20 bits per heavy atom. The van der Waals surface area contributed by atoms with Gasteiger partial charge in [0.05, 0.1) is 0 Å². The molecule has 0 unspecified atom stereocenters. The van der Waals surface area contributed by atoms with Crippen LogP contribution in [-0.2, 0) is 4.79 Å². The maximum Gasteiger partial charge on any atom is 0.331 e. The molecule has 1 aromatic heterocycles. The molecular formula is C14H14N4O2. The Morgan fingerprint density at radius 2 is 1.95 bits per heavy atom. The highest BCUT2D eigenvalue weighted by Crippen LogP contribution is 2.30. The van der Waals surface area contributed by atoms with Crippen molar-refractivity contribution in [3.8, 4) is 0 Å². The molecule has 0 saturated heterocycles. The molecule has 1 aliphatic rings. The third-order valence-electron chi connectivity index (χ3n) is 3.07. The fourth-order valence-corrected chi connectivity index (χ4v) is 1.83. The zero-order valence-corrected chi connectivity index (χ0v) is 10.7. The number of carbonyl (C=O) groups excluding carboxylic acids is 2. The number of hydrogen-bond donors (Lipinski definition) is 2. The van der Waals surface area contributed by atoms with E-state index in [1.165, 1.54) is 17.1 Å². The second-order valence-electron chi connectivity index (χ2n) is 4.74. The largest absolute Gasteiger partial charge is 0.331 e. The summed E-state index contributed by atoms with van der Waals surface area (Å²) in [6.45, 7) is 0. The van der Waals surface area contributed by atoms with Crippen LogP contribution < -0.4 is 10.6 Å². The lowest BCUT2D eigenvalue weighted by Gasteiger charge is -2.08. The number of benzene rings is 1. The summed E-state index contributed by atoms with van der Waals surface area (Å²) in [6.07, 6.45) is 6.44. The molecular weight excluding hydrogens is 256 g/mol. The van der Waals surface area contributed by atoms with Crippen LogP contribution >= 0.6 is 0 Å². The van der Waals surface area contributed by atoms with Crippen LogP contribution in [0.3, 0.4) is 0 Å². The van der Waals surface area contributed by atoms with Crippen LogP contribution in [0.2, 0.25) is 0 Å². The summed E-state index contributed by atoms with van der Waals surface area (Å²) in [5.41, 5.74) is 1.31. The van der Waals surface area contributed by atoms with Crippen molar-refractivity contribution in [1.29, 1.82) is 0 Å². The first kappa shape index (κ1) is 12.4. The molecule has 3 rings (SSSR count). The summed E-state index contributed by atoms with van der Waals surface area (Å²) in [4.78, 5) is 27.3. The van der Waals surface area contributed by atoms with E-state index in [4.69, 9.17) is 0 Å². The number of anilines is 2. The van der Waals surface area contributed by atoms with Gasteiger partial charge in [-0.2, -0.15) is 0 Å². The van der Waals surface area contributed by atoms with E-state index in [0.717, 1.165) is 12.8 Å². The molecule has 2 N–H and O–H groups in total. The molecule has 0 bridgehead atoms. The van der Waals surface area contributed by atoms with Gasteiger partial charge in [0.1, 0.15) is 6.33 Å². The second-order valence-corrected chi connectivity index (χ2v) is 4.74. The summed E-state index contributed by atoms with van der Waals surface area (Å²) in [5.74, 6) is 0.197. The van der Waals surface area contributed by atoms with Gasteiger partial charge >= 0.3 is 6.03 Å². The fourth-order valence-electron chi connectivity index (χ4n) is 1.83. The van der Waals surface area contributed by atoms with Crippen LogP contribution in [0.1, 0.15) is 12.8 Å². The third kappa shape index (κ3) is 2.85. The highest BCUT2D eigenvalue weighted by atomic mass is 16.2. The first-order valence-corrected chi connectivity index (χ1v) is 6.42. The minimum atomic E-state index is -0.298. The average molecular weight is 270 g/mol. The molecule has 1 saturated carbocycles. The third-order valence-corrected chi connectivity index (χ3v) is 3.07. The highest BCUT2D eigenvalue weighted by Gasteiger charge is 2.29. The molecule has 0 spiro atoms. The maximum atomic E-state index is 11.9. The topological polar surface area (TPSA) is 76.0 Å². The van der Waals surface area contributed by atoms with Crippen LogP contribution in [0.15, 0.2) is 43.0 Å². The standard InChI is InChI=1S/C14H14N4O2/c19-13(10-4-5-10)16-11-2-1-3-12(8-11)17-14(20)18-7-6-15-9-18/h1-3,6-10H,4-5H2,(H,16,19)(H,17,20). The monoisotopic (exact) mass is 270 g/mol. The molecule has 1 aliphatic carbocycles. The van der Waals surface area contributed by atoms with Crippen molar-refractivity contribution < 1.29 is 9.59 Å². The van der Waals surface area contributed by atoms with Crippen LogP contribution in [0, 0.1) is 5.92 Å². The number of nitrogens with zero attached hydrogens (tertiary/aromatic N) is 2. The molecule has 2 aromatic rings. The van der Waals surface area contributed by atoms with E-state index in [2.05, 4.69) is 15.6 Å². The Bertz CT molecular complexity index is 632. The van der Waals surface area contributed by atoms with Crippen LogP contribution in [0.5, 0.6) is 0 Å². The summed E-state index contributed by atoms with van der Waals surface area (Å²) < 4.78 is 1.34. The second kappa shape index (κ2) is 5.16. The Labute approximate surface area is 115 Å². The Kier molecular flexibility index (Phi) is 3.20. The van der Waals surface area contributed by atoms with Crippen molar-refractivity contribution in [2.75, 3.05) is 10.6 Å². The first-order valence-electron chi connectivity index (χ1n) is 6.42. The van der Waals surface area contributed by atoms with Gasteiger partial charge in [0.15, 0.2) is 0 Å². The Hall–Kier alpha value is -2.63. The number of amides is 2. The van der Waals surface area contributed by atoms with Crippen LogP contribution in [0.4, 0.5) is 16.2 Å². The van der Waals surface area contributed by atoms with Gasteiger partial charge in [-0.3, -0.25) is 9.36 Å². The summed E-state index contributed by atoms with van der Waals surface area (Å²) in [7, 11) is 0. The van der Waals surface area contributed by atoms with E-state index in [1.54, 1.807) is 30.5 Å².